The van der Waals surface area contributed by atoms with Gasteiger partial charge in [0.1, 0.15) is 24.2 Å². The Balaban J connectivity index is 1.01. The first-order chi connectivity index (χ1) is 43.5. The zero-order chi connectivity index (χ0) is 65.4. The maximum atomic E-state index is 14.9. The van der Waals surface area contributed by atoms with Crippen LogP contribution in [-0.2, 0) is 43.2 Å². The molecule has 18 N–H and O–H groups in total. The Bertz CT molecular complexity index is 4250. The molecule has 0 fully saturated rings. The number of nitrogens with two attached hydrogens (primary N) is 4. The number of guanidine groups is 2. The van der Waals surface area contributed by atoms with Gasteiger partial charge in [0.25, 0.3) is 0 Å². The van der Waals surface area contributed by atoms with Gasteiger partial charge in [-0.2, -0.15) is 0 Å². The van der Waals surface area contributed by atoms with Crippen molar-refractivity contribution in [3.8, 4) is 0 Å². The molecule has 7 aromatic rings. The molecule has 24 nitrogen and oxygen atoms in total. The summed E-state index contributed by atoms with van der Waals surface area (Å²) in [5.41, 5.74) is 35.9. The average Bonchev–Trinajstić information content (AvgIpc) is 1.64. The summed E-state index contributed by atoms with van der Waals surface area (Å²) in [6.07, 6.45) is 6.20. The highest BCUT2D eigenvalue weighted by atomic mass is 16.4. The number of carbonyl (C=O) groups is 6. The number of carboxylic acid groups (broad SMARTS) is 2. The number of allylic oxidation sites excluding steroid dienone is 3. The molecule has 24 heteroatoms. The first-order valence-corrected chi connectivity index (χ1v) is 30.5. The van der Waals surface area contributed by atoms with Crippen molar-refractivity contribution in [2.75, 3.05) is 13.1 Å². The molecule has 0 radical (unpaired) electrons. The third-order valence-corrected chi connectivity index (χ3v) is 17.4. The van der Waals surface area contributed by atoms with Gasteiger partial charge in [0.2, 0.25) is 23.6 Å². The number of carbonyl (C=O) groups excluding carboxylic acids is 4. The number of aromatic carboxylic acids is 1. The number of aromatic nitrogens is 6. The minimum absolute atomic E-state index is 0.0201. The maximum Gasteiger partial charge on any atom is 0.338 e. The van der Waals surface area contributed by atoms with Gasteiger partial charge in [-0.05, 0) is 136 Å². The van der Waals surface area contributed by atoms with Crippen LogP contribution in [-0.4, -0.2) is 125 Å². The highest BCUT2D eigenvalue weighted by Gasteiger charge is 2.35. The van der Waals surface area contributed by atoms with E-state index in [2.05, 4.69) is 71.6 Å². The molecule has 476 valence electrons. The number of fused-ring (bicyclic) bond motifs is 10. The third-order valence-electron chi connectivity index (χ3n) is 17.4. The smallest absolute Gasteiger partial charge is 0.338 e. The summed E-state index contributed by atoms with van der Waals surface area (Å²) < 4.78 is 0. The van der Waals surface area contributed by atoms with Crippen LogP contribution in [0.15, 0.2) is 102 Å². The number of aromatic amines is 4. The van der Waals surface area contributed by atoms with Crippen LogP contribution < -0.4 is 44.2 Å². The van der Waals surface area contributed by atoms with Crippen molar-refractivity contribution in [3.63, 3.8) is 0 Å². The van der Waals surface area contributed by atoms with Crippen molar-refractivity contribution in [1.82, 2.24) is 51.2 Å². The molecular formula is C67H80N16O8. The average molecular weight is 1240 g/mol. The Morgan fingerprint density at radius 2 is 1.21 bits per heavy atom. The summed E-state index contributed by atoms with van der Waals surface area (Å²) in [6.45, 7) is 16.0. The molecule has 0 saturated heterocycles. The second kappa shape index (κ2) is 28.3. The molecule has 4 amide bonds. The van der Waals surface area contributed by atoms with Crippen LogP contribution in [0.5, 0.6) is 0 Å². The fourth-order valence-corrected chi connectivity index (χ4v) is 12.4. The van der Waals surface area contributed by atoms with Gasteiger partial charge in [-0.1, -0.05) is 62.9 Å². The first kappa shape index (κ1) is 64.9. The normalized spacial score (nSPS) is 15.1. The topological polar surface area (TPSA) is 409 Å². The van der Waals surface area contributed by atoms with Gasteiger partial charge in [-0.3, -0.25) is 34.1 Å². The van der Waals surface area contributed by atoms with E-state index >= 15 is 0 Å². The molecule has 0 aliphatic carbocycles. The van der Waals surface area contributed by atoms with Gasteiger partial charge in [-0.15, -0.1) is 0 Å². The van der Waals surface area contributed by atoms with E-state index in [1.54, 1.807) is 25.4 Å². The summed E-state index contributed by atoms with van der Waals surface area (Å²) in [4.78, 5) is 117. The zero-order valence-electron chi connectivity index (χ0n) is 52.0. The molecule has 91 heavy (non-hydrogen) atoms. The highest BCUT2D eigenvalue weighted by Crippen LogP contribution is 2.43. The summed E-state index contributed by atoms with van der Waals surface area (Å²) in [6, 6.07) is 15.2. The number of H-pyrrole nitrogens is 4. The van der Waals surface area contributed by atoms with Crippen LogP contribution >= 0.6 is 0 Å². The largest absolute Gasteiger partial charge is 0.480 e. The predicted molar refractivity (Wildman–Crippen MR) is 354 cm³/mol. The molecule has 2 aliphatic rings. The summed E-state index contributed by atoms with van der Waals surface area (Å²) in [7, 11) is 0. The molecule has 0 saturated carbocycles. The van der Waals surface area contributed by atoms with Gasteiger partial charge >= 0.3 is 11.9 Å². The fourth-order valence-electron chi connectivity index (χ4n) is 12.4. The number of para-hydroxylation sites is 2. The van der Waals surface area contributed by atoms with Crippen LogP contribution in [0, 0.1) is 20.8 Å². The molecule has 5 aromatic heterocycles. The van der Waals surface area contributed by atoms with Crippen LogP contribution in [0.3, 0.4) is 0 Å². The Labute approximate surface area is 525 Å². The molecule has 0 unspecified atom stereocenters. The number of carboxylic acids is 2. The molecule has 6 atom stereocenters. The van der Waals surface area contributed by atoms with Crippen molar-refractivity contribution in [3.05, 3.63) is 153 Å². The first-order valence-electron chi connectivity index (χ1n) is 30.5. The number of rotatable bonds is 26. The van der Waals surface area contributed by atoms with Crippen LogP contribution in [0.1, 0.15) is 138 Å². The lowest BCUT2D eigenvalue weighted by Gasteiger charge is -2.26. The lowest BCUT2D eigenvalue weighted by Crippen LogP contribution is -2.58. The van der Waals surface area contributed by atoms with Gasteiger partial charge in [0.05, 0.1) is 22.5 Å². The lowest BCUT2D eigenvalue weighted by atomic mass is 9.85. The summed E-state index contributed by atoms with van der Waals surface area (Å²) >= 11 is 0. The molecule has 2 aliphatic heterocycles. The molecule has 9 rings (SSSR count). The van der Waals surface area contributed by atoms with Gasteiger partial charge < -0.3 is 74.4 Å². The number of aryl methyl sites for hydroxylation is 4. The fraction of sp³-hybridized carbons (Fsp3) is 0.343. The van der Waals surface area contributed by atoms with Crippen molar-refractivity contribution in [1.29, 1.82) is 0 Å². The number of hydrogen-bond donors (Lipinski definition) is 14. The van der Waals surface area contributed by atoms with Crippen molar-refractivity contribution < 1.29 is 39.0 Å². The maximum absolute atomic E-state index is 14.9. The lowest BCUT2D eigenvalue weighted by molar-refractivity contribution is -0.142. The number of aliphatic imine (C=N–C) groups is 2. The van der Waals surface area contributed by atoms with E-state index in [1.807, 2.05) is 87.5 Å². The van der Waals surface area contributed by atoms with Crippen LogP contribution in [0.4, 0.5) is 0 Å². The number of nitrogens with zero attached hydrogens (tertiary/aromatic N) is 4. The zero-order valence-corrected chi connectivity index (χ0v) is 52.0. The minimum atomic E-state index is -1.41. The quantitative estimate of drug-likeness (QED) is 0.0150. The standard InChI is InChI=1S/C67H80N16O8/c1-8-40-33(3)49-28-51-35(5)42(59(79-51)37(7)60-58(65(90)91)36(6)52(80-60)30-54-41(9-2)34(4)50(77-54)29-53(40)76-49)22-23-57(84)78-47(20-14-24-72-66(68)69)61(85)81-48(21-15-25-73-67(70)71)62(86)82-55(26-38-31-74-45-18-12-10-16-43(38)45)63(87)83-56(64(88)89)27-39-32-75-46-19-13-11-17-44(39)46/h8,10-13,16-19,28-32,35,42,47-48,55-56,74-75,77,80H,1,9,14-15,20-27H2,2-7H3,(H,78,84)(H,81,85)(H,82,86)(H,83,87)(H,88,89)(H,90,91)(H4,68,69,72)(H4,70,71,73)/t35-,42-,47-,48-,55-,56-/m0/s1. The SMILES string of the molecule is C=CC1=C(C)c2cc3nc(c(C)c4[nH]c(cc5[nH]c(cc1n2)c(C)c5CC)c(C)c4C(=O)O)[C@@H](CCC(=O)N[C@@H](CCCN=C(N)N)C(=O)N[C@@H](CCCN=C(N)N)C(=O)N[C@@H](Cc1c[nH]c2ccccc12)C(=O)N[C@@H](Cc1c[nH]c2ccccc12)C(=O)O)[C@@H]3C. The van der Waals surface area contributed by atoms with E-state index < -0.39 is 65.7 Å². The second-order valence-electron chi connectivity index (χ2n) is 23.3. The Kier molecular flexibility index (Phi) is 20.2. The van der Waals surface area contributed by atoms with Crippen molar-refractivity contribution in [2.24, 2.45) is 32.9 Å². The number of benzene rings is 2. The van der Waals surface area contributed by atoms with E-state index in [0.29, 0.717) is 56.8 Å². The van der Waals surface area contributed by atoms with E-state index in [0.717, 1.165) is 60.8 Å². The number of aliphatic carboxylic acids is 1. The number of hydrogen-bond acceptors (Lipinski definition) is 10. The molecular weight excluding hydrogens is 1160 g/mol. The monoisotopic (exact) mass is 1240 g/mol. The molecule has 2 aromatic carbocycles. The van der Waals surface area contributed by atoms with E-state index in [9.17, 15) is 39.0 Å². The number of amides is 4. The van der Waals surface area contributed by atoms with E-state index in [4.69, 9.17) is 32.9 Å². The minimum Gasteiger partial charge on any atom is -0.480 e. The van der Waals surface area contributed by atoms with Gasteiger partial charge in [0.15, 0.2) is 11.9 Å². The predicted octanol–water partition coefficient (Wildman–Crippen LogP) is 6.86. The Morgan fingerprint density at radius 1 is 0.659 bits per heavy atom. The van der Waals surface area contributed by atoms with Crippen LogP contribution in [0.2, 0.25) is 0 Å². The van der Waals surface area contributed by atoms with Crippen LogP contribution in [0.25, 0.3) is 55.0 Å². The number of nitrogens with one attached hydrogen (secondary N) is 8. The molecule has 0 spiro atoms. The summed E-state index contributed by atoms with van der Waals surface area (Å²) in [5.74, 6) is -6.36. The Morgan fingerprint density at radius 3 is 1.78 bits per heavy atom. The molecule has 7 heterocycles. The molecule has 8 bridgehead atoms. The Hall–Kier alpha value is -10.5. The van der Waals surface area contributed by atoms with E-state index in [1.165, 1.54) is 0 Å². The highest BCUT2D eigenvalue weighted by molar-refractivity contribution is 6.02. The van der Waals surface area contributed by atoms with Gasteiger partial charge in [-0.25, -0.2) is 14.6 Å². The van der Waals surface area contributed by atoms with Crippen molar-refractivity contribution in [2.45, 2.75) is 135 Å². The third kappa shape index (κ3) is 14.6. The van der Waals surface area contributed by atoms with Crippen molar-refractivity contribution >= 4 is 103 Å². The summed E-state index contributed by atoms with van der Waals surface area (Å²) in [5, 5.41) is 34.1. The second-order valence-corrected chi connectivity index (χ2v) is 23.3. The van der Waals surface area contributed by atoms with E-state index in [-0.39, 0.29) is 87.9 Å². The van der Waals surface area contributed by atoms with Gasteiger partial charge in [0, 0.05) is 112 Å².